The minimum absolute atomic E-state index is 0.281. The average Bonchev–Trinajstić information content (AvgIpc) is 2.61. The van der Waals surface area contributed by atoms with E-state index in [9.17, 15) is 9.59 Å². The maximum Gasteiger partial charge on any atom is 0.315 e. The van der Waals surface area contributed by atoms with E-state index in [4.69, 9.17) is 0 Å². The molecule has 1 aromatic carbocycles. The van der Waals surface area contributed by atoms with Gasteiger partial charge in [-0.2, -0.15) is 0 Å². The molecule has 0 aliphatic carbocycles. The first-order valence-electron chi connectivity index (χ1n) is 7.99. The molecule has 132 valence electrons. The molecule has 0 saturated heterocycles. The zero-order valence-electron chi connectivity index (χ0n) is 14.6. The number of anilines is 2. The van der Waals surface area contributed by atoms with Crippen LogP contribution >= 0.6 is 0 Å². The standard InChI is InChI=1S/C18H23N5O2/c1-13(17(24)22-15-9-5-4-6-10-15)21-18(25)20-12-14-8-7-11-19-16(14)23(2)3/h4-11,13H,12H2,1-3H3,(H,22,24)(H2,20,21,25)/t13-/m1/s1. The molecule has 1 atom stereocenters. The van der Waals surface area contributed by atoms with Gasteiger partial charge in [0.25, 0.3) is 0 Å². The van der Waals surface area contributed by atoms with Crippen LogP contribution in [0.25, 0.3) is 0 Å². The van der Waals surface area contributed by atoms with Gasteiger partial charge in [0.1, 0.15) is 11.9 Å². The molecule has 0 saturated carbocycles. The topological polar surface area (TPSA) is 86.4 Å². The van der Waals surface area contributed by atoms with Gasteiger partial charge in [-0.1, -0.05) is 24.3 Å². The fraction of sp³-hybridized carbons (Fsp3) is 0.278. The molecule has 0 bridgehead atoms. The number of hydrogen-bond acceptors (Lipinski definition) is 4. The van der Waals surface area contributed by atoms with Crippen molar-refractivity contribution in [1.29, 1.82) is 0 Å². The molecule has 3 N–H and O–H groups in total. The summed E-state index contributed by atoms with van der Waals surface area (Å²) < 4.78 is 0. The quantitative estimate of drug-likeness (QED) is 0.750. The van der Waals surface area contributed by atoms with Gasteiger partial charge in [0.2, 0.25) is 5.91 Å². The summed E-state index contributed by atoms with van der Waals surface area (Å²) >= 11 is 0. The highest BCUT2D eigenvalue weighted by atomic mass is 16.2. The second-order valence-corrected chi connectivity index (χ2v) is 5.78. The molecule has 0 fully saturated rings. The Hall–Kier alpha value is -3.09. The largest absolute Gasteiger partial charge is 0.362 e. The van der Waals surface area contributed by atoms with E-state index in [1.54, 1.807) is 25.3 Å². The Morgan fingerprint density at radius 3 is 2.52 bits per heavy atom. The van der Waals surface area contributed by atoms with Crippen LogP contribution in [0.15, 0.2) is 48.7 Å². The lowest BCUT2D eigenvalue weighted by Gasteiger charge is -2.17. The van der Waals surface area contributed by atoms with Crippen molar-refractivity contribution in [2.45, 2.75) is 19.5 Å². The molecular formula is C18H23N5O2. The number of benzene rings is 1. The highest BCUT2D eigenvalue weighted by molar-refractivity contribution is 5.96. The summed E-state index contributed by atoms with van der Waals surface area (Å²) in [7, 11) is 3.78. The van der Waals surface area contributed by atoms with Crippen molar-refractivity contribution in [3.63, 3.8) is 0 Å². The summed E-state index contributed by atoms with van der Waals surface area (Å²) in [6, 6.07) is 11.7. The number of amides is 3. The number of urea groups is 1. The first kappa shape index (κ1) is 18.3. The first-order chi connectivity index (χ1) is 12.0. The van der Waals surface area contributed by atoms with Crippen molar-refractivity contribution in [1.82, 2.24) is 15.6 Å². The lowest BCUT2D eigenvalue weighted by Crippen LogP contribution is -2.46. The summed E-state index contributed by atoms with van der Waals surface area (Å²) in [6.45, 7) is 1.95. The van der Waals surface area contributed by atoms with Gasteiger partial charge in [-0.3, -0.25) is 4.79 Å². The summed E-state index contributed by atoms with van der Waals surface area (Å²) in [5.41, 5.74) is 1.58. The number of carbonyl (C=O) groups is 2. The molecule has 7 nitrogen and oxygen atoms in total. The van der Waals surface area contributed by atoms with Crippen LogP contribution in [0, 0.1) is 0 Å². The van der Waals surface area contributed by atoms with Crippen molar-refractivity contribution in [3.05, 3.63) is 54.2 Å². The normalized spacial score (nSPS) is 11.3. The number of nitrogens with one attached hydrogen (secondary N) is 3. The number of nitrogens with zero attached hydrogens (tertiary/aromatic N) is 2. The van der Waals surface area contributed by atoms with Gasteiger partial charge in [0, 0.05) is 38.1 Å². The predicted octanol–water partition coefficient (Wildman–Crippen LogP) is 1.97. The van der Waals surface area contributed by atoms with E-state index in [0.29, 0.717) is 12.2 Å². The Morgan fingerprint density at radius 1 is 1.12 bits per heavy atom. The van der Waals surface area contributed by atoms with E-state index in [1.807, 2.05) is 49.3 Å². The zero-order chi connectivity index (χ0) is 18.2. The monoisotopic (exact) mass is 341 g/mol. The van der Waals surface area contributed by atoms with E-state index < -0.39 is 12.1 Å². The second-order valence-electron chi connectivity index (χ2n) is 5.78. The fourth-order valence-electron chi connectivity index (χ4n) is 2.23. The minimum atomic E-state index is -0.664. The van der Waals surface area contributed by atoms with Crippen LogP contribution in [-0.4, -0.2) is 37.1 Å². The average molecular weight is 341 g/mol. The molecule has 3 amide bonds. The van der Waals surface area contributed by atoms with E-state index in [0.717, 1.165) is 11.4 Å². The third kappa shape index (κ3) is 5.49. The summed E-state index contributed by atoms with van der Waals surface area (Å²) in [5.74, 6) is 0.509. The van der Waals surface area contributed by atoms with Crippen LogP contribution < -0.4 is 20.9 Å². The molecule has 25 heavy (non-hydrogen) atoms. The zero-order valence-corrected chi connectivity index (χ0v) is 14.6. The van der Waals surface area contributed by atoms with Crippen LogP contribution in [0.5, 0.6) is 0 Å². The van der Waals surface area contributed by atoms with Gasteiger partial charge in [0.05, 0.1) is 0 Å². The lowest BCUT2D eigenvalue weighted by atomic mass is 10.2. The van der Waals surface area contributed by atoms with Gasteiger partial charge in [-0.15, -0.1) is 0 Å². The summed E-state index contributed by atoms with van der Waals surface area (Å²) in [5, 5.41) is 8.12. The van der Waals surface area contributed by atoms with E-state index >= 15 is 0 Å². The van der Waals surface area contributed by atoms with Crippen molar-refractivity contribution in [2.24, 2.45) is 0 Å². The molecule has 1 aromatic heterocycles. The number of hydrogen-bond donors (Lipinski definition) is 3. The van der Waals surface area contributed by atoms with E-state index in [2.05, 4.69) is 20.9 Å². The molecule has 0 aliphatic rings. The first-order valence-corrected chi connectivity index (χ1v) is 7.99. The molecule has 1 heterocycles. The van der Waals surface area contributed by atoms with Crippen LogP contribution in [0.2, 0.25) is 0 Å². The summed E-state index contributed by atoms with van der Waals surface area (Å²) in [6.07, 6.45) is 1.70. The van der Waals surface area contributed by atoms with Gasteiger partial charge in [-0.05, 0) is 25.1 Å². The molecule has 0 radical (unpaired) electrons. The van der Waals surface area contributed by atoms with Crippen LogP contribution in [-0.2, 0) is 11.3 Å². The van der Waals surface area contributed by atoms with Crippen LogP contribution in [0.4, 0.5) is 16.3 Å². The molecule has 0 spiro atoms. The van der Waals surface area contributed by atoms with Crippen molar-refractivity contribution in [3.8, 4) is 0 Å². The minimum Gasteiger partial charge on any atom is -0.362 e. The molecule has 0 aliphatic heterocycles. The SMILES string of the molecule is C[C@@H](NC(=O)NCc1cccnc1N(C)C)C(=O)Nc1ccccc1. The molecular weight excluding hydrogens is 318 g/mol. The number of carbonyl (C=O) groups excluding carboxylic acids is 2. The number of rotatable bonds is 6. The van der Waals surface area contributed by atoms with Crippen LogP contribution in [0.3, 0.4) is 0 Å². The molecule has 2 rings (SSSR count). The van der Waals surface area contributed by atoms with E-state index in [-0.39, 0.29) is 5.91 Å². The third-order valence-electron chi connectivity index (χ3n) is 3.51. The summed E-state index contributed by atoms with van der Waals surface area (Å²) in [4.78, 5) is 30.3. The smallest absolute Gasteiger partial charge is 0.315 e. The third-order valence-corrected chi connectivity index (χ3v) is 3.51. The lowest BCUT2D eigenvalue weighted by molar-refractivity contribution is -0.117. The van der Waals surface area contributed by atoms with Crippen LogP contribution in [0.1, 0.15) is 12.5 Å². The Kier molecular flexibility index (Phi) is 6.33. The molecule has 7 heteroatoms. The van der Waals surface area contributed by atoms with Crippen molar-refractivity contribution < 1.29 is 9.59 Å². The van der Waals surface area contributed by atoms with Crippen molar-refractivity contribution >= 4 is 23.4 Å². The highest BCUT2D eigenvalue weighted by Gasteiger charge is 2.16. The Labute approximate surface area is 147 Å². The van der Waals surface area contributed by atoms with Gasteiger partial charge >= 0.3 is 6.03 Å². The maximum atomic E-state index is 12.1. The highest BCUT2D eigenvalue weighted by Crippen LogP contribution is 2.13. The Morgan fingerprint density at radius 2 is 1.84 bits per heavy atom. The Bertz CT molecular complexity index is 718. The van der Waals surface area contributed by atoms with Gasteiger partial charge in [-0.25, -0.2) is 9.78 Å². The number of para-hydroxylation sites is 1. The number of pyridine rings is 1. The second kappa shape index (κ2) is 8.68. The fourth-order valence-corrected chi connectivity index (χ4v) is 2.23. The van der Waals surface area contributed by atoms with Gasteiger partial charge in [0.15, 0.2) is 0 Å². The maximum absolute atomic E-state index is 12.1. The molecule has 0 unspecified atom stereocenters. The van der Waals surface area contributed by atoms with Crippen molar-refractivity contribution in [2.75, 3.05) is 24.3 Å². The number of aromatic nitrogens is 1. The predicted molar refractivity (Wildman–Crippen MR) is 98.5 cm³/mol. The van der Waals surface area contributed by atoms with E-state index in [1.165, 1.54) is 0 Å². The molecule has 2 aromatic rings. The Balaban J connectivity index is 1.84. The van der Waals surface area contributed by atoms with Gasteiger partial charge < -0.3 is 20.9 Å².